The molecule has 1 nitrogen and oxygen atoms in total. The quantitative estimate of drug-likeness (QED) is 0.696. The molecule has 0 radical (unpaired) electrons. The molecule has 4 rings (SSSR count). The van der Waals surface area contributed by atoms with Crippen LogP contribution in [0.5, 0.6) is 0 Å². The first-order valence-corrected chi connectivity index (χ1v) is 7.86. The van der Waals surface area contributed by atoms with Crippen LogP contribution in [0.25, 0.3) is 0 Å². The molecule has 5 atom stereocenters. The summed E-state index contributed by atoms with van der Waals surface area (Å²) in [6.45, 7) is 2.02. The molecular formula is C18H21FO. The first-order chi connectivity index (χ1) is 9.61. The van der Waals surface area contributed by atoms with Crippen molar-refractivity contribution in [3.05, 3.63) is 35.4 Å². The Morgan fingerprint density at radius 2 is 2.05 bits per heavy atom. The molecule has 1 aromatic carbocycles. The van der Waals surface area contributed by atoms with Gasteiger partial charge in [0.25, 0.3) is 0 Å². The maximum atomic E-state index is 14.5. The van der Waals surface area contributed by atoms with Crippen LogP contribution in [0.1, 0.15) is 49.7 Å². The number of aryl methyl sites for hydroxylation is 1. The Labute approximate surface area is 119 Å². The summed E-state index contributed by atoms with van der Waals surface area (Å²) in [5.41, 5.74) is 2.49. The van der Waals surface area contributed by atoms with Crippen molar-refractivity contribution in [1.29, 1.82) is 0 Å². The number of fused-ring (bicyclic) bond motifs is 5. The van der Waals surface area contributed by atoms with E-state index in [1.807, 2.05) is 6.92 Å². The Morgan fingerprint density at radius 3 is 2.90 bits per heavy atom. The van der Waals surface area contributed by atoms with Gasteiger partial charge in [0.1, 0.15) is 12.0 Å². The highest BCUT2D eigenvalue weighted by molar-refractivity contribution is 5.88. The zero-order chi connectivity index (χ0) is 13.9. The maximum absolute atomic E-state index is 14.5. The van der Waals surface area contributed by atoms with E-state index in [0.717, 1.165) is 25.7 Å². The highest BCUT2D eigenvalue weighted by atomic mass is 19.1. The number of halogens is 1. The molecule has 106 valence electrons. The molecule has 0 bridgehead atoms. The van der Waals surface area contributed by atoms with Gasteiger partial charge in [-0.2, -0.15) is 0 Å². The molecule has 0 heterocycles. The molecule has 3 aliphatic rings. The molecule has 0 amide bonds. The summed E-state index contributed by atoms with van der Waals surface area (Å²) in [5.74, 6) is 0.974. The topological polar surface area (TPSA) is 17.1 Å². The lowest BCUT2D eigenvalue weighted by Gasteiger charge is -2.48. The van der Waals surface area contributed by atoms with E-state index >= 15 is 0 Å². The van der Waals surface area contributed by atoms with Crippen molar-refractivity contribution in [2.45, 2.75) is 51.1 Å². The molecule has 3 aliphatic carbocycles. The molecule has 0 saturated heterocycles. The van der Waals surface area contributed by atoms with Gasteiger partial charge in [-0.15, -0.1) is 0 Å². The third-order valence-electron chi connectivity index (χ3n) is 6.30. The van der Waals surface area contributed by atoms with Crippen LogP contribution in [0.2, 0.25) is 0 Å². The van der Waals surface area contributed by atoms with Gasteiger partial charge in [0, 0.05) is 17.8 Å². The van der Waals surface area contributed by atoms with Gasteiger partial charge in [-0.05, 0) is 48.6 Å². The van der Waals surface area contributed by atoms with Crippen LogP contribution in [-0.4, -0.2) is 12.0 Å². The number of hydrogen-bond acceptors (Lipinski definition) is 1. The molecule has 2 heteroatoms. The Balaban J connectivity index is 1.76. The predicted octanol–water partition coefficient (Wildman–Crippen LogP) is 4.06. The lowest BCUT2D eigenvalue weighted by molar-refractivity contribution is -0.129. The third-order valence-corrected chi connectivity index (χ3v) is 6.30. The van der Waals surface area contributed by atoms with Gasteiger partial charge in [0.05, 0.1) is 0 Å². The molecule has 2 saturated carbocycles. The average Bonchev–Trinajstić information content (AvgIpc) is 2.69. The molecule has 0 aliphatic heterocycles. The second kappa shape index (κ2) is 4.16. The molecule has 0 aromatic heterocycles. The standard InChI is InChI=1S/C18H21FO/c1-18-9-8-13-12-5-3-2-4-11(12)6-7-14(13)17(18)15(19)10-16(18)20/h2-5,13-15,17H,6-10H2,1H3/t13-,14-,15-,17-,18-/m1/s1. The number of Topliss-reactive ketones (excluding diaryl/α,β-unsaturated/α-hetero) is 1. The Morgan fingerprint density at radius 1 is 1.25 bits per heavy atom. The van der Waals surface area contributed by atoms with Crippen LogP contribution in [0.15, 0.2) is 24.3 Å². The van der Waals surface area contributed by atoms with E-state index in [2.05, 4.69) is 24.3 Å². The zero-order valence-electron chi connectivity index (χ0n) is 11.9. The van der Waals surface area contributed by atoms with Gasteiger partial charge < -0.3 is 0 Å². The van der Waals surface area contributed by atoms with E-state index in [1.54, 1.807) is 0 Å². The fourth-order valence-corrected chi connectivity index (χ4v) is 5.30. The summed E-state index contributed by atoms with van der Waals surface area (Å²) < 4.78 is 14.5. The van der Waals surface area contributed by atoms with E-state index in [1.165, 1.54) is 11.1 Å². The van der Waals surface area contributed by atoms with Crippen LogP contribution in [-0.2, 0) is 11.2 Å². The van der Waals surface area contributed by atoms with Crippen LogP contribution < -0.4 is 0 Å². The van der Waals surface area contributed by atoms with Gasteiger partial charge in [0.15, 0.2) is 0 Å². The second-order valence-corrected chi connectivity index (χ2v) is 7.13. The number of carbonyl (C=O) groups excluding carboxylic acids is 1. The monoisotopic (exact) mass is 272 g/mol. The Hall–Kier alpha value is -1.18. The lowest BCUT2D eigenvalue weighted by atomic mass is 9.55. The Kier molecular flexibility index (Phi) is 2.61. The number of carbonyl (C=O) groups is 1. The minimum Gasteiger partial charge on any atom is -0.299 e. The normalized spacial score (nSPS) is 42.8. The van der Waals surface area contributed by atoms with Crippen molar-refractivity contribution in [3.8, 4) is 0 Å². The van der Waals surface area contributed by atoms with Crippen molar-refractivity contribution in [3.63, 3.8) is 0 Å². The number of alkyl halides is 1. The van der Waals surface area contributed by atoms with Gasteiger partial charge in [-0.1, -0.05) is 31.2 Å². The molecule has 0 spiro atoms. The van der Waals surface area contributed by atoms with Crippen LogP contribution in [0.4, 0.5) is 4.39 Å². The number of hydrogen-bond donors (Lipinski definition) is 0. The summed E-state index contributed by atoms with van der Waals surface area (Å²) >= 11 is 0. The van der Waals surface area contributed by atoms with Crippen molar-refractivity contribution >= 4 is 5.78 Å². The fourth-order valence-electron chi connectivity index (χ4n) is 5.30. The summed E-state index contributed by atoms with van der Waals surface area (Å²) in [4.78, 5) is 12.2. The minimum absolute atomic E-state index is 0.0397. The van der Waals surface area contributed by atoms with Crippen LogP contribution >= 0.6 is 0 Å². The van der Waals surface area contributed by atoms with Crippen LogP contribution in [0, 0.1) is 17.3 Å². The first-order valence-electron chi connectivity index (χ1n) is 7.86. The highest BCUT2D eigenvalue weighted by Gasteiger charge is 2.59. The summed E-state index contributed by atoms with van der Waals surface area (Å²) in [5, 5.41) is 0. The minimum atomic E-state index is -0.912. The summed E-state index contributed by atoms with van der Waals surface area (Å²) in [6.07, 6.45) is 3.26. The molecule has 1 aromatic rings. The largest absolute Gasteiger partial charge is 0.299 e. The third kappa shape index (κ3) is 1.51. The predicted molar refractivity (Wildman–Crippen MR) is 76.3 cm³/mol. The van der Waals surface area contributed by atoms with E-state index in [9.17, 15) is 9.18 Å². The number of rotatable bonds is 0. The second-order valence-electron chi connectivity index (χ2n) is 7.13. The number of ketones is 1. The smallest absolute Gasteiger partial charge is 0.142 e. The zero-order valence-corrected chi connectivity index (χ0v) is 11.9. The average molecular weight is 272 g/mol. The summed E-state index contributed by atoms with van der Waals surface area (Å²) in [6, 6.07) is 8.63. The Bertz CT molecular complexity index is 566. The van der Waals surface area contributed by atoms with Crippen molar-refractivity contribution in [2.75, 3.05) is 0 Å². The fraction of sp³-hybridized carbons (Fsp3) is 0.611. The molecule has 20 heavy (non-hydrogen) atoms. The molecule has 0 N–H and O–H groups in total. The lowest BCUT2D eigenvalue weighted by Crippen LogP contribution is -2.44. The van der Waals surface area contributed by atoms with E-state index in [0.29, 0.717) is 11.8 Å². The molecular weight excluding hydrogens is 251 g/mol. The molecule has 0 unspecified atom stereocenters. The van der Waals surface area contributed by atoms with Gasteiger partial charge in [-0.3, -0.25) is 4.79 Å². The maximum Gasteiger partial charge on any atom is 0.142 e. The van der Waals surface area contributed by atoms with E-state index in [-0.39, 0.29) is 23.5 Å². The van der Waals surface area contributed by atoms with Gasteiger partial charge in [0.2, 0.25) is 0 Å². The van der Waals surface area contributed by atoms with E-state index < -0.39 is 6.17 Å². The first kappa shape index (κ1) is 12.6. The molecule has 2 fully saturated rings. The van der Waals surface area contributed by atoms with Gasteiger partial charge in [-0.25, -0.2) is 4.39 Å². The van der Waals surface area contributed by atoms with Crippen molar-refractivity contribution in [1.82, 2.24) is 0 Å². The van der Waals surface area contributed by atoms with Crippen molar-refractivity contribution in [2.24, 2.45) is 17.3 Å². The summed E-state index contributed by atoms with van der Waals surface area (Å²) in [7, 11) is 0. The van der Waals surface area contributed by atoms with Gasteiger partial charge >= 0.3 is 0 Å². The van der Waals surface area contributed by atoms with Crippen molar-refractivity contribution < 1.29 is 9.18 Å². The van der Waals surface area contributed by atoms with Crippen LogP contribution in [0.3, 0.4) is 0 Å². The highest BCUT2D eigenvalue weighted by Crippen LogP contribution is 2.60. The van der Waals surface area contributed by atoms with E-state index in [4.69, 9.17) is 0 Å². The SMILES string of the molecule is C[C@]12CC[C@@H]3c4ccccc4CC[C@H]3[C@@H]1[C@H](F)CC2=O. The number of benzene rings is 1.